The molecule has 6 heteroatoms. The molecule has 2 atom stereocenters. The Balaban J connectivity index is 1.41. The molecule has 2 aliphatic heterocycles. The third-order valence-electron chi connectivity index (χ3n) is 5.36. The van der Waals surface area contributed by atoms with E-state index < -0.39 is 0 Å². The van der Waals surface area contributed by atoms with Crippen LogP contribution in [0.5, 0.6) is 0 Å². The van der Waals surface area contributed by atoms with Crippen LogP contribution in [0.2, 0.25) is 0 Å². The molecule has 4 rings (SSSR count). The Labute approximate surface area is 146 Å². The Morgan fingerprint density at radius 3 is 3.17 bits per heavy atom. The summed E-state index contributed by atoms with van der Waals surface area (Å²) in [6.45, 7) is 5.26. The van der Waals surface area contributed by atoms with Crippen molar-refractivity contribution in [3.05, 3.63) is 46.4 Å². The smallest absolute Gasteiger partial charge is 0.267 e. The molecule has 5 nitrogen and oxygen atoms in total. The maximum absolute atomic E-state index is 12.4. The highest BCUT2D eigenvalue weighted by Crippen LogP contribution is 2.41. The van der Waals surface area contributed by atoms with Crippen molar-refractivity contribution in [2.75, 3.05) is 32.8 Å². The average Bonchev–Trinajstić information content (AvgIpc) is 3.30. The molecule has 0 aliphatic carbocycles. The summed E-state index contributed by atoms with van der Waals surface area (Å²) < 4.78 is 7.62. The van der Waals surface area contributed by atoms with E-state index in [0.29, 0.717) is 18.2 Å². The van der Waals surface area contributed by atoms with E-state index in [2.05, 4.69) is 27.0 Å². The molecular formula is C18H23N3O2S. The molecule has 0 aromatic carbocycles. The normalized spacial score (nSPS) is 26.6. The highest BCUT2D eigenvalue weighted by Gasteiger charge is 2.50. The number of rotatable bonds is 5. The van der Waals surface area contributed by atoms with Crippen LogP contribution in [0.3, 0.4) is 0 Å². The molecule has 2 fully saturated rings. The van der Waals surface area contributed by atoms with Gasteiger partial charge in [0.25, 0.3) is 5.91 Å². The third kappa shape index (κ3) is 2.90. The topological polar surface area (TPSA) is 46.5 Å². The van der Waals surface area contributed by atoms with Gasteiger partial charge in [-0.25, -0.2) is 0 Å². The van der Waals surface area contributed by atoms with Crippen molar-refractivity contribution in [1.29, 1.82) is 0 Å². The Morgan fingerprint density at radius 2 is 2.42 bits per heavy atom. The summed E-state index contributed by atoms with van der Waals surface area (Å²) in [5.74, 6) is 0.503. The summed E-state index contributed by atoms with van der Waals surface area (Å²) in [5.41, 5.74) is 2.13. The summed E-state index contributed by atoms with van der Waals surface area (Å²) in [6, 6.07) is 5.94. The van der Waals surface area contributed by atoms with Gasteiger partial charge in [-0.2, -0.15) is 11.3 Å². The van der Waals surface area contributed by atoms with Crippen molar-refractivity contribution < 1.29 is 9.53 Å². The maximum atomic E-state index is 12.4. The van der Waals surface area contributed by atoms with Gasteiger partial charge in [0.1, 0.15) is 5.69 Å². The number of thiophene rings is 1. The van der Waals surface area contributed by atoms with Crippen molar-refractivity contribution in [2.24, 2.45) is 18.4 Å². The first-order valence-electron chi connectivity index (χ1n) is 8.37. The minimum absolute atomic E-state index is 0.00110. The van der Waals surface area contributed by atoms with Gasteiger partial charge in [-0.15, -0.1) is 0 Å². The van der Waals surface area contributed by atoms with Crippen LogP contribution in [0.4, 0.5) is 0 Å². The second-order valence-corrected chi connectivity index (χ2v) is 7.84. The molecule has 2 aromatic rings. The highest BCUT2D eigenvalue weighted by molar-refractivity contribution is 7.07. The summed E-state index contributed by atoms with van der Waals surface area (Å²) in [4.78, 5) is 14.9. The predicted molar refractivity (Wildman–Crippen MR) is 94.1 cm³/mol. The lowest BCUT2D eigenvalue weighted by Crippen LogP contribution is -2.43. The number of nitrogens with zero attached hydrogens (tertiary/aromatic N) is 2. The third-order valence-corrected chi connectivity index (χ3v) is 6.09. The number of ether oxygens (including phenoxy) is 1. The van der Waals surface area contributed by atoms with Crippen molar-refractivity contribution in [1.82, 2.24) is 14.8 Å². The highest BCUT2D eigenvalue weighted by atomic mass is 32.1. The van der Waals surface area contributed by atoms with Gasteiger partial charge in [-0.1, -0.05) is 0 Å². The molecule has 0 radical (unpaired) electrons. The van der Waals surface area contributed by atoms with Crippen LogP contribution in [-0.4, -0.2) is 48.2 Å². The molecule has 24 heavy (non-hydrogen) atoms. The van der Waals surface area contributed by atoms with Crippen molar-refractivity contribution in [3.63, 3.8) is 0 Å². The molecule has 0 spiro atoms. The number of fused-ring (bicyclic) bond motifs is 1. The zero-order chi connectivity index (χ0) is 16.6. The monoisotopic (exact) mass is 345 g/mol. The van der Waals surface area contributed by atoms with Gasteiger partial charge in [0, 0.05) is 50.8 Å². The number of aryl methyl sites for hydroxylation is 1. The van der Waals surface area contributed by atoms with Gasteiger partial charge >= 0.3 is 0 Å². The van der Waals surface area contributed by atoms with E-state index in [0.717, 1.165) is 32.8 Å². The second kappa shape index (κ2) is 6.35. The number of hydrogen-bond acceptors (Lipinski definition) is 4. The Bertz CT molecular complexity index is 712. The summed E-state index contributed by atoms with van der Waals surface area (Å²) in [6.07, 6.45) is 1.90. The second-order valence-electron chi connectivity index (χ2n) is 7.06. The predicted octanol–water partition coefficient (Wildman–Crippen LogP) is 1.96. The maximum Gasteiger partial charge on any atom is 0.267 e. The van der Waals surface area contributed by atoms with Crippen LogP contribution < -0.4 is 5.32 Å². The number of amides is 1. The Morgan fingerprint density at radius 1 is 1.50 bits per heavy atom. The van der Waals surface area contributed by atoms with E-state index in [1.54, 1.807) is 11.3 Å². The first-order chi connectivity index (χ1) is 11.7. The Hall–Kier alpha value is -1.63. The number of carbonyl (C=O) groups excluding carboxylic acids is 1. The largest absolute Gasteiger partial charge is 0.380 e. The van der Waals surface area contributed by atoms with E-state index in [4.69, 9.17) is 4.74 Å². The van der Waals surface area contributed by atoms with Gasteiger partial charge in [0.15, 0.2) is 0 Å². The van der Waals surface area contributed by atoms with Crippen molar-refractivity contribution >= 4 is 17.2 Å². The lowest BCUT2D eigenvalue weighted by molar-refractivity contribution is 0.0896. The standard InChI is InChI=1S/C18H23N3O2S/c1-20-5-2-3-16(20)17(22)19-11-18-12-21(7-14-4-6-24-10-14)8-15(18)9-23-13-18/h2-6,10,15H,7-9,11-13H2,1H3,(H,19,22)/t15-,18+/m1/s1. The molecular weight excluding hydrogens is 322 g/mol. The quantitative estimate of drug-likeness (QED) is 0.901. The van der Waals surface area contributed by atoms with Crippen LogP contribution in [0.15, 0.2) is 35.2 Å². The number of likely N-dealkylation sites (tertiary alicyclic amines) is 1. The summed E-state index contributed by atoms with van der Waals surface area (Å²) in [5, 5.41) is 7.49. The van der Waals surface area contributed by atoms with E-state index in [1.165, 1.54) is 5.56 Å². The van der Waals surface area contributed by atoms with Crippen LogP contribution in [-0.2, 0) is 18.3 Å². The number of nitrogens with one attached hydrogen (secondary N) is 1. The molecule has 4 heterocycles. The molecule has 0 saturated carbocycles. The Kier molecular flexibility index (Phi) is 4.20. The molecule has 1 amide bonds. The fourth-order valence-corrected chi connectivity index (χ4v) is 4.66. The number of carbonyl (C=O) groups is 1. The SMILES string of the molecule is Cn1cccc1C(=O)NC[C@]12COC[C@H]1CN(Cc1ccsc1)C2. The molecule has 2 aliphatic rings. The van der Waals surface area contributed by atoms with Gasteiger partial charge < -0.3 is 14.6 Å². The van der Waals surface area contributed by atoms with Gasteiger partial charge in [-0.05, 0) is 34.5 Å². The van der Waals surface area contributed by atoms with Crippen LogP contribution in [0.25, 0.3) is 0 Å². The van der Waals surface area contributed by atoms with E-state index in [-0.39, 0.29) is 11.3 Å². The van der Waals surface area contributed by atoms with Gasteiger partial charge in [0.2, 0.25) is 0 Å². The first-order valence-corrected chi connectivity index (χ1v) is 9.31. The minimum atomic E-state index is -0.00110. The van der Waals surface area contributed by atoms with E-state index in [1.807, 2.05) is 29.9 Å². The van der Waals surface area contributed by atoms with E-state index >= 15 is 0 Å². The first kappa shape index (κ1) is 15.9. The molecule has 128 valence electrons. The molecule has 0 bridgehead atoms. The average molecular weight is 345 g/mol. The lowest BCUT2D eigenvalue weighted by Gasteiger charge is -2.27. The van der Waals surface area contributed by atoms with Crippen molar-refractivity contribution in [3.8, 4) is 0 Å². The minimum Gasteiger partial charge on any atom is -0.380 e. The number of hydrogen-bond donors (Lipinski definition) is 1. The number of aromatic nitrogens is 1. The molecule has 1 N–H and O–H groups in total. The van der Waals surface area contributed by atoms with Gasteiger partial charge in [0.05, 0.1) is 13.2 Å². The van der Waals surface area contributed by atoms with Crippen LogP contribution in [0.1, 0.15) is 16.1 Å². The molecule has 2 saturated heterocycles. The van der Waals surface area contributed by atoms with Crippen molar-refractivity contribution in [2.45, 2.75) is 6.54 Å². The van der Waals surface area contributed by atoms with Crippen LogP contribution >= 0.6 is 11.3 Å². The molecule has 0 unspecified atom stereocenters. The van der Waals surface area contributed by atoms with Gasteiger partial charge in [-0.3, -0.25) is 9.69 Å². The van der Waals surface area contributed by atoms with E-state index in [9.17, 15) is 4.79 Å². The summed E-state index contributed by atoms with van der Waals surface area (Å²) >= 11 is 1.75. The van der Waals surface area contributed by atoms with Crippen LogP contribution in [0, 0.1) is 11.3 Å². The summed E-state index contributed by atoms with van der Waals surface area (Å²) in [7, 11) is 1.90. The fraction of sp³-hybridized carbons (Fsp3) is 0.500. The lowest BCUT2D eigenvalue weighted by atomic mass is 9.81. The zero-order valence-corrected chi connectivity index (χ0v) is 14.7. The fourth-order valence-electron chi connectivity index (χ4n) is 4.00. The zero-order valence-electron chi connectivity index (χ0n) is 13.9. The molecule has 2 aromatic heterocycles.